The zero-order chi connectivity index (χ0) is 11.5. The van der Waals surface area contributed by atoms with Crippen LogP contribution in [0.3, 0.4) is 0 Å². The van der Waals surface area contributed by atoms with E-state index < -0.39 is 5.97 Å². The van der Waals surface area contributed by atoms with Crippen molar-refractivity contribution in [1.82, 2.24) is 20.2 Å². The van der Waals surface area contributed by atoms with Crippen molar-refractivity contribution in [2.24, 2.45) is 0 Å². The Bertz CT molecular complexity index is 521. The Hall–Kier alpha value is -2.24. The molecule has 0 fully saturated rings. The molecule has 0 unspecified atom stereocenters. The highest BCUT2D eigenvalue weighted by Crippen LogP contribution is 2.07. The first-order valence-corrected chi connectivity index (χ1v) is 4.72. The minimum atomic E-state index is -0.935. The van der Waals surface area contributed by atoms with Crippen LogP contribution in [0.2, 0.25) is 0 Å². The molecule has 6 heteroatoms. The summed E-state index contributed by atoms with van der Waals surface area (Å²) in [6.07, 6.45) is 0. The monoisotopic (exact) mass is 218 g/mol. The smallest absolute Gasteiger partial charge is 0.335 e. The fraction of sp³-hybridized carbons (Fsp3) is 0.200. The molecule has 0 spiro atoms. The topological polar surface area (TPSA) is 80.9 Å². The second-order valence-electron chi connectivity index (χ2n) is 3.39. The summed E-state index contributed by atoms with van der Waals surface area (Å²) in [6.45, 7) is 2.26. The van der Waals surface area contributed by atoms with Crippen LogP contribution in [0, 0.1) is 6.92 Å². The van der Waals surface area contributed by atoms with Gasteiger partial charge in [0.2, 0.25) is 0 Å². The highest BCUT2D eigenvalue weighted by molar-refractivity contribution is 5.87. The SMILES string of the molecule is Cc1nnnn1Cc1cccc(C(=O)O)c1. The van der Waals surface area contributed by atoms with Crippen molar-refractivity contribution < 1.29 is 9.90 Å². The minimum absolute atomic E-state index is 0.267. The summed E-state index contributed by atoms with van der Waals surface area (Å²) in [4.78, 5) is 10.8. The van der Waals surface area contributed by atoms with Crippen LogP contribution in [0.25, 0.3) is 0 Å². The Kier molecular flexibility index (Phi) is 2.63. The van der Waals surface area contributed by atoms with Gasteiger partial charge >= 0.3 is 5.97 Å². The number of carboxylic acids is 1. The van der Waals surface area contributed by atoms with Crippen molar-refractivity contribution in [3.8, 4) is 0 Å². The fourth-order valence-electron chi connectivity index (χ4n) is 1.37. The van der Waals surface area contributed by atoms with Gasteiger partial charge in [-0.25, -0.2) is 9.48 Å². The van der Waals surface area contributed by atoms with E-state index in [-0.39, 0.29) is 5.56 Å². The third-order valence-corrected chi connectivity index (χ3v) is 2.22. The molecule has 0 bridgehead atoms. The van der Waals surface area contributed by atoms with Crippen LogP contribution in [0.4, 0.5) is 0 Å². The number of nitrogens with zero attached hydrogens (tertiary/aromatic N) is 4. The molecule has 1 aromatic carbocycles. The fourth-order valence-corrected chi connectivity index (χ4v) is 1.37. The van der Waals surface area contributed by atoms with Crippen LogP contribution in [-0.2, 0) is 6.54 Å². The van der Waals surface area contributed by atoms with E-state index in [1.54, 1.807) is 29.8 Å². The Balaban J connectivity index is 2.25. The van der Waals surface area contributed by atoms with E-state index in [0.29, 0.717) is 12.4 Å². The molecule has 2 rings (SSSR count). The van der Waals surface area contributed by atoms with E-state index in [0.717, 1.165) is 5.56 Å². The van der Waals surface area contributed by atoms with Gasteiger partial charge in [0.1, 0.15) is 5.82 Å². The third-order valence-electron chi connectivity index (χ3n) is 2.22. The van der Waals surface area contributed by atoms with E-state index in [1.165, 1.54) is 0 Å². The number of benzene rings is 1. The van der Waals surface area contributed by atoms with Crippen molar-refractivity contribution in [2.75, 3.05) is 0 Å². The lowest BCUT2D eigenvalue weighted by molar-refractivity contribution is 0.0696. The number of carbonyl (C=O) groups is 1. The summed E-state index contributed by atoms with van der Waals surface area (Å²) in [5.41, 5.74) is 1.12. The number of tetrazole rings is 1. The Morgan fingerprint density at radius 1 is 1.50 bits per heavy atom. The molecular formula is C10H10N4O2. The summed E-state index contributed by atoms with van der Waals surface area (Å²) in [7, 11) is 0. The van der Waals surface area contributed by atoms with Gasteiger partial charge in [0, 0.05) is 0 Å². The molecular weight excluding hydrogens is 208 g/mol. The number of rotatable bonds is 3. The molecule has 0 saturated carbocycles. The molecule has 0 radical (unpaired) electrons. The van der Waals surface area contributed by atoms with Gasteiger partial charge in [0.05, 0.1) is 12.1 Å². The van der Waals surface area contributed by atoms with Crippen molar-refractivity contribution in [1.29, 1.82) is 0 Å². The molecule has 0 amide bonds. The van der Waals surface area contributed by atoms with Crippen molar-refractivity contribution in [3.63, 3.8) is 0 Å². The number of hydrogen-bond donors (Lipinski definition) is 1. The van der Waals surface area contributed by atoms with Gasteiger partial charge in [-0.3, -0.25) is 0 Å². The number of aromatic nitrogens is 4. The summed E-state index contributed by atoms with van der Waals surface area (Å²) in [5.74, 6) is -0.240. The molecule has 2 aromatic rings. The summed E-state index contributed by atoms with van der Waals surface area (Å²) in [5, 5.41) is 19.9. The molecule has 1 aromatic heterocycles. The zero-order valence-corrected chi connectivity index (χ0v) is 8.66. The van der Waals surface area contributed by atoms with Crippen LogP contribution >= 0.6 is 0 Å². The van der Waals surface area contributed by atoms with Crippen molar-refractivity contribution >= 4 is 5.97 Å². The van der Waals surface area contributed by atoms with Crippen LogP contribution in [-0.4, -0.2) is 31.3 Å². The third kappa shape index (κ3) is 2.05. The molecule has 0 saturated heterocycles. The van der Waals surface area contributed by atoms with Crippen LogP contribution in [0.1, 0.15) is 21.7 Å². The molecule has 0 aliphatic rings. The van der Waals surface area contributed by atoms with E-state index in [4.69, 9.17) is 5.11 Å². The van der Waals surface area contributed by atoms with E-state index in [9.17, 15) is 4.79 Å². The highest BCUT2D eigenvalue weighted by atomic mass is 16.4. The summed E-state index contributed by atoms with van der Waals surface area (Å²) >= 11 is 0. The molecule has 16 heavy (non-hydrogen) atoms. The maximum atomic E-state index is 10.8. The minimum Gasteiger partial charge on any atom is -0.478 e. The zero-order valence-electron chi connectivity index (χ0n) is 8.66. The maximum Gasteiger partial charge on any atom is 0.335 e. The molecule has 6 nitrogen and oxygen atoms in total. The first kappa shape index (κ1) is 10.3. The quantitative estimate of drug-likeness (QED) is 0.821. The lowest BCUT2D eigenvalue weighted by Gasteiger charge is -2.03. The standard InChI is InChI=1S/C10H10N4O2/c1-7-11-12-13-14(7)6-8-3-2-4-9(5-8)10(15)16/h2-5H,6H2,1H3,(H,15,16). The molecule has 0 atom stereocenters. The van der Waals surface area contributed by atoms with Gasteiger partial charge in [0.25, 0.3) is 0 Å². The first-order valence-electron chi connectivity index (χ1n) is 4.72. The lowest BCUT2D eigenvalue weighted by atomic mass is 10.1. The molecule has 0 aliphatic heterocycles. The first-order chi connectivity index (χ1) is 7.66. The van der Waals surface area contributed by atoms with Gasteiger partial charge in [-0.2, -0.15) is 0 Å². The van der Waals surface area contributed by atoms with Gasteiger partial charge in [-0.1, -0.05) is 12.1 Å². The maximum absolute atomic E-state index is 10.8. The van der Waals surface area contributed by atoms with E-state index in [2.05, 4.69) is 15.5 Å². The van der Waals surface area contributed by atoms with E-state index >= 15 is 0 Å². The number of aromatic carboxylic acids is 1. The van der Waals surface area contributed by atoms with Crippen LogP contribution in [0.15, 0.2) is 24.3 Å². The average molecular weight is 218 g/mol. The van der Waals surface area contributed by atoms with Gasteiger partial charge in [0.15, 0.2) is 0 Å². The normalized spacial score (nSPS) is 10.3. The summed E-state index contributed by atoms with van der Waals surface area (Å²) in [6, 6.07) is 6.72. The molecule has 1 N–H and O–H groups in total. The van der Waals surface area contributed by atoms with Crippen molar-refractivity contribution in [3.05, 3.63) is 41.2 Å². The Labute approximate surface area is 91.5 Å². The van der Waals surface area contributed by atoms with Gasteiger partial charge in [-0.05, 0) is 35.0 Å². The lowest BCUT2D eigenvalue weighted by Crippen LogP contribution is -2.05. The Morgan fingerprint density at radius 3 is 2.94 bits per heavy atom. The predicted octanol–water partition coefficient (Wildman–Crippen LogP) is 0.728. The number of carboxylic acid groups (broad SMARTS) is 1. The summed E-state index contributed by atoms with van der Waals surface area (Å²) < 4.78 is 1.61. The van der Waals surface area contributed by atoms with Crippen LogP contribution in [0.5, 0.6) is 0 Å². The van der Waals surface area contributed by atoms with Crippen LogP contribution < -0.4 is 0 Å². The second-order valence-corrected chi connectivity index (χ2v) is 3.39. The van der Waals surface area contributed by atoms with E-state index in [1.807, 2.05) is 6.07 Å². The number of hydrogen-bond acceptors (Lipinski definition) is 4. The predicted molar refractivity (Wildman–Crippen MR) is 55.1 cm³/mol. The average Bonchev–Trinajstić information content (AvgIpc) is 2.65. The highest BCUT2D eigenvalue weighted by Gasteiger charge is 2.05. The molecule has 82 valence electrons. The largest absolute Gasteiger partial charge is 0.478 e. The second kappa shape index (κ2) is 4.09. The molecule has 1 heterocycles. The van der Waals surface area contributed by atoms with Crippen molar-refractivity contribution in [2.45, 2.75) is 13.5 Å². The van der Waals surface area contributed by atoms with Gasteiger partial charge in [-0.15, -0.1) is 5.10 Å². The Morgan fingerprint density at radius 2 is 2.31 bits per heavy atom. The molecule has 0 aliphatic carbocycles. The number of aryl methyl sites for hydroxylation is 1. The van der Waals surface area contributed by atoms with Gasteiger partial charge < -0.3 is 5.11 Å².